The van der Waals surface area contributed by atoms with Gasteiger partial charge in [-0.3, -0.25) is 15.0 Å². The third kappa shape index (κ3) is 12.0. The number of benzene rings is 6. The van der Waals surface area contributed by atoms with Crippen LogP contribution in [-0.2, 0) is 32.9 Å². The summed E-state index contributed by atoms with van der Waals surface area (Å²) in [6.07, 6.45) is 8.12. The fourth-order valence-electron chi connectivity index (χ4n) is 8.53. The molecule has 0 aliphatic heterocycles. The monoisotopic (exact) mass is 1110 g/mol. The molecule has 0 saturated carbocycles. The van der Waals surface area contributed by atoms with Gasteiger partial charge < -0.3 is 4.42 Å². The smallest absolute Gasteiger partial charge is 0.195 e. The van der Waals surface area contributed by atoms with E-state index in [1.54, 1.807) is 18.2 Å². The zero-order valence-corrected chi connectivity index (χ0v) is 43.4. The van der Waals surface area contributed by atoms with E-state index >= 15 is 0 Å². The van der Waals surface area contributed by atoms with Crippen LogP contribution in [0.25, 0.3) is 77.6 Å². The van der Waals surface area contributed by atoms with Crippen molar-refractivity contribution < 1.29 is 37.7 Å². The third-order valence-electron chi connectivity index (χ3n) is 11.8. The second kappa shape index (κ2) is 22.3. The number of aromatic nitrogens is 3. The molecule has 0 spiro atoms. The standard InChI is InChI=1S/C27H14F3NO.C18H25NSi.C15H17N.Ir/c28-22-11-10-18(25(29)26(22)30)16-8-9-19-20-6-3-7-21(27(20)32-24(19)13-16)23-12-15-4-1-2-5-17(15)14-31-23;1-14(2)11-16-12-17(15-9-7-6-8-10-15)19-13-18(16)20(3,4)5;1-12(2)10-13-8-9-16-15(11-13)14-6-4-3-5-7-14;/h1-14H;6-10,12-14H,11H2,1-5H3;3-9,11-12H,10H2,1-2H3;. The molecule has 10 rings (SSSR count). The van der Waals surface area contributed by atoms with Crippen LogP contribution in [0.4, 0.5) is 13.2 Å². The van der Waals surface area contributed by atoms with Crippen molar-refractivity contribution in [1.29, 1.82) is 0 Å². The zero-order valence-electron chi connectivity index (χ0n) is 40.0. The Morgan fingerprint density at radius 1 is 0.507 bits per heavy atom. The van der Waals surface area contributed by atoms with Gasteiger partial charge in [0.2, 0.25) is 0 Å². The van der Waals surface area contributed by atoms with Crippen molar-refractivity contribution in [2.24, 2.45) is 11.8 Å². The Labute approximate surface area is 418 Å². The summed E-state index contributed by atoms with van der Waals surface area (Å²) in [7, 11) is -1.33. The molecule has 10 aromatic rings. The first-order chi connectivity index (χ1) is 32.7. The van der Waals surface area contributed by atoms with Gasteiger partial charge in [0.25, 0.3) is 0 Å². The first kappa shape index (κ1) is 50.4. The van der Waals surface area contributed by atoms with E-state index in [0.717, 1.165) is 63.1 Å². The van der Waals surface area contributed by atoms with Crippen LogP contribution in [0.3, 0.4) is 0 Å². The Morgan fingerprint density at radius 2 is 1.14 bits per heavy atom. The molecule has 4 heterocycles. The molecule has 9 heteroatoms. The maximum atomic E-state index is 14.3. The van der Waals surface area contributed by atoms with Gasteiger partial charge in [-0.15, -0.1) is 0 Å². The van der Waals surface area contributed by atoms with Crippen molar-refractivity contribution in [3.8, 4) is 44.9 Å². The quantitative estimate of drug-likeness (QED) is 0.107. The molecule has 0 N–H and O–H groups in total. The average Bonchev–Trinajstić information content (AvgIpc) is 3.72. The molecule has 0 aliphatic rings. The van der Waals surface area contributed by atoms with Crippen LogP contribution in [0, 0.1) is 29.3 Å². The summed E-state index contributed by atoms with van der Waals surface area (Å²) in [5.74, 6) is -2.57. The molecule has 4 aromatic heterocycles. The van der Waals surface area contributed by atoms with E-state index in [1.807, 2.05) is 79.1 Å². The Morgan fingerprint density at radius 3 is 1.81 bits per heavy atom. The molecular weight excluding hydrogens is 1060 g/mol. The number of hydrogen-bond donors (Lipinski definition) is 0. The van der Waals surface area contributed by atoms with Gasteiger partial charge in [0.1, 0.15) is 11.2 Å². The van der Waals surface area contributed by atoms with Crippen molar-refractivity contribution in [2.45, 2.75) is 60.2 Å². The summed E-state index contributed by atoms with van der Waals surface area (Å²) in [4.78, 5) is 13.7. The minimum atomic E-state index is -1.49. The van der Waals surface area contributed by atoms with Gasteiger partial charge in [-0.2, -0.15) is 0 Å². The number of nitrogens with zero attached hydrogens (tertiary/aromatic N) is 3. The number of para-hydroxylation sites is 1. The van der Waals surface area contributed by atoms with E-state index in [9.17, 15) is 13.2 Å². The number of fused-ring (bicyclic) bond motifs is 4. The van der Waals surface area contributed by atoms with Gasteiger partial charge in [0, 0.05) is 77.1 Å². The van der Waals surface area contributed by atoms with Gasteiger partial charge in [-0.1, -0.05) is 150 Å². The number of rotatable bonds is 9. The number of hydrogen-bond acceptors (Lipinski definition) is 4. The summed E-state index contributed by atoms with van der Waals surface area (Å²) >= 11 is 0. The number of pyridine rings is 3. The maximum Gasteiger partial charge on any atom is 0.195 e. The largest absolute Gasteiger partial charge is 0.455 e. The topological polar surface area (TPSA) is 51.8 Å². The van der Waals surface area contributed by atoms with Gasteiger partial charge in [-0.05, 0) is 107 Å². The van der Waals surface area contributed by atoms with Gasteiger partial charge in [0.05, 0.1) is 25.2 Å². The zero-order chi connectivity index (χ0) is 48.0. The average molecular weight is 1110 g/mol. The summed E-state index contributed by atoms with van der Waals surface area (Å²) in [6.45, 7) is 16.3. The second-order valence-corrected chi connectivity index (χ2v) is 24.1. The van der Waals surface area contributed by atoms with Crippen LogP contribution in [0.2, 0.25) is 19.6 Å². The Kier molecular flexibility index (Phi) is 16.3. The molecule has 0 amide bonds. The molecule has 1 radical (unpaired) electrons. The van der Waals surface area contributed by atoms with Crippen molar-refractivity contribution in [2.75, 3.05) is 0 Å². The number of furan rings is 1. The number of halogens is 3. The summed E-state index contributed by atoms with van der Waals surface area (Å²) in [5.41, 5.74) is 10.6. The molecule has 351 valence electrons. The molecule has 0 fully saturated rings. The molecule has 0 saturated heterocycles. The molecule has 0 unspecified atom stereocenters. The fraction of sp³-hybridized carbons (Fsp3) is 0.183. The van der Waals surface area contributed by atoms with Crippen LogP contribution < -0.4 is 5.19 Å². The third-order valence-corrected chi connectivity index (χ3v) is 13.9. The summed E-state index contributed by atoms with van der Waals surface area (Å²) < 4.78 is 47.5. The van der Waals surface area contributed by atoms with Crippen LogP contribution in [0.1, 0.15) is 38.8 Å². The minimum Gasteiger partial charge on any atom is -0.455 e. The van der Waals surface area contributed by atoms with Crippen molar-refractivity contribution in [3.05, 3.63) is 205 Å². The molecule has 69 heavy (non-hydrogen) atoms. The molecule has 6 aromatic carbocycles. The van der Waals surface area contributed by atoms with Crippen LogP contribution >= 0.6 is 0 Å². The van der Waals surface area contributed by atoms with Crippen molar-refractivity contribution >= 4 is 46.0 Å². The molecule has 0 bridgehead atoms. The van der Waals surface area contributed by atoms with E-state index in [1.165, 1.54) is 33.5 Å². The Hall–Kier alpha value is -6.51. The minimum absolute atomic E-state index is 0. The second-order valence-electron chi connectivity index (χ2n) is 19.1. The van der Waals surface area contributed by atoms with E-state index in [2.05, 4.69) is 124 Å². The Bertz CT molecular complexity index is 3330. The molecular formula is C60H56F3IrN3OSi. The van der Waals surface area contributed by atoms with Gasteiger partial charge in [-0.25, -0.2) is 13.2 Å². The first-order valence-corrected chi connectivity index (χ1v) is 26.7. The molecule has 0 atom stereocenters. The summed E-state index contributed by atoms with van der Waals surface area (Å²) in [5, 5.41) is 5.36. The van der Waals surface area contributed by atoms with Crippen LogP contribution in [-0.4, -0.2) is 23.0 Å². The van der Waals surface area contributed by atoms with Gasteiger partial charge in [0.15, 0.2) is 17.5 Å². The molecule has 4 nitrogen and oxygen atoms in total. The fourth-order valence-corrected chi connectivity index (χ4v) is 10.1. The predicted molar refractivity (Wildman–Crippen MR) is 279 cm³/mol. The van der Waals surface area contributed by atoms with Crippen molar-refractivity contribution in [1.82, 2.24) is 15.0 Å². The molecule has 0 aliphatic carbocycles. The van der Waals surface area contributed by atoms with E-state index in [0.29, 0.717) is 28.6 Å². The van der Waals surface area contributed by atoms with E-state index in [4.69, 9.17) is 9.40 Å². The first-order valence-electron chi connectivity index (χ1n) is 23.2. The summed E-state index contributed by atoms with van der Waals surface area (Å²) in [6, 6.07) is 50.5. The Balaban J connectivity index is 0.000000164. The van der Waals surface area contributed by atoms with Crippen LogP contribution in [0.15, 0.2) is 181 Å². The SMILES string of the molecule is CC(C)Cc1cc(-c2ccccc2)ncc1[Si](C)(C)C.CC(C)Cc1ccnc(-c2ccccc2)c1.Fc1ccc(-c2ccc3c(c2)oc2c(-c4cc5ccccc5cn4)cccc23)c(F)c1F.[Ir]. The van der Waals surface area contributed by atoms with Gasteiger partial charge >= 0.3 is 0 Å². The van der Waals surface area contributed by atoms with E-state index < -0.39 is 25.5 Å². The van der Waals surface area contributed by atoms with Crippen LogP contribution in [0.5, 0.6) is 0 Å². The normalized spacial score (nSPS) is 11.3. The van der Waals surface area contributed by atoms with E-state index in [-0.39, 0.29) is 25.7 Å². The maximum absolute atomic E-state index is 14.3. The predicted octanol–water partition coefficient (Wildman–Crippen LogP) is 16.3. The van der Waals surface area contributed by atoms with Crippen molar-refractivity contribution in [3.63, 3.8) is 0 Å².